The van der Waals surface area contributed by atoms with Gasteiger partial charge in [0.05, 0.1) is 27.0 Å². The van der Waals surface area contributed by atoms with Gasteiger partial charge >= 0.3 is 6.03 Å². The predicted octanol–water partition coefficient (Wildman–Crippen LogP) is 4.29. The summed E-state index contributed by atoms with van der Waals surface area (Å²) in [6.07, 6.45) is 0.801. The first-order chi connectivity index (χ1) is 14.7. The summed E-state index contributed by atoms with van der Waals surface area (Å²) in [4.78, 5) is 27.2. The lowest BCUT2D eigenvalue weighted by Crippen LogP contribution is -2.38. The highest BCUT2D eigenvalue weighted by atomic mass is 16.5. The monoisotopic (exact) mass is 427 g/mol. The molecule has 3 amide bonds. The second kappa shape index (κ2) is 8.75. The summed E-state index contributed by atoms with van der Waals surface area (Å²) in [7, 11) is 4.54. The first-order valence-electron chi connectivity index (χ1n) is 10.0. The maximum absolute atomic E-state index is 12.8. The van der Waals surface area contributed by atoms with E-state index in [2.05, 4.69) is 10.6 Å². The molecule has 0 unspecified atom stereocenters. The van der Waals surface area contributed by atoms with Crippen LogP contribution < -0.4 is 29.7 Å². The molecule has 2 N–H and O–H groups in total. The molecule has 8 nitrogen and oxygen atoms in total. The summed E-state index contributed by atoms with van der Waals surface area (Å²) in [5.74, 6) is 1.38. The normalized spacial score (nSPS) is 12.8. The average molecular weight is 428 g/mol. The Morgan fingerprint density at radius 1 is 0.903 bits per heavy atom. The van der Waals surface area contributed by atoms with Gasteiger partial charge in [0, 0.05) is 35.5 Å². The molecule has 0 atom stereocenters. The summed E-state index contributed by atoms with van der Waals surface area (Å²) in [6.45, 7) is 6.35. The van der Waals surface area contributed by atoms with Crippen LogP contribution >= 0.6 is 0 Å². The van der Waals surface area contributed by atoms with E-state index >= 15 is 0 Å². The number of rotatable bonds is 5. The SMILES string of the molecule is COc1cc(NC(=O)Nc2ccc3c(c2)N(C(=O)C(C)(C)C)CC3)cc(OC)c1OC. The number of nitrogens with zero attached hydrogens (tertiary/aromatic N) is 1. The zero-order valence-electron chi connectivity index (χ0n) is 18.8. The standard InChI is InChI=1S/C23H29N3O5/c1-23(2,3)21(27)26-10-9-14-7-8-15(11-17(14)26)24-22(28)25-16-12-18(29-4)20(31-6)19(13-16)30-5/h7-8,11-13H,9-10H2,1-6H3,(H2,24,25,28). The minimum Gasteiger partial charge on any atom is -0.493 e. The Kier molecular flexibility index (Phi) is 6.29. The summed E-state index contributed by atoms with van der Waals surface area (Å²) < 4.78 is 15.9. The number of anilines is 3. The van der Waals surface area contributed by atoms with Gasteiger partial charge in [-0.25, -0.2) is 4.79 Å². The highest BCUT2D eigenvalue weighted by Gasteiger charge is 2.32. The number of nitrogens with one attached hydrogen (secondary N) is 2. The van der Waals surface area contributed by atoms with Gasteiger partial charge < -0.3 is 29.7 Å². The third-order valence-corrected chi connectivity index (χ3v) is 5.05. The number of hydrogen-bond acceptors (Lipinski definition) is 5. The quantitative estimate of drug-likeness (QED) is 0.743. The molecule has 0 fully saturated rings. The van der Waals surface area contributed by atoms with Crippen LogP contribution in [0.15, 0.2) is 30.3 Å². The lowest BCUT2D eigenvalue weighted by Gasteiger charge is -2.26. The van der Waals surface area contributed by atoms with E-state index < -0.39 is 11.4 Å². The van der Waals surface area contributed by atoms with Crippen LogP contribution in [0.5, 0.6) is 17.2 Å². The Hall–Kier alpha value is -3.42. The van der Waals surface area contributed by atoms with Gasteiger partial charge in [-0.3, -0.25) is 4.79 Å². The molecule has 0 aromatic heterocycles. The van der Waals surface area contributed by atoms with Crippen LogP contribution in [0.1, 0.15) is 26.3 Å². The smallest absolute Gasteiger partial charge is 0.323 e. The number of ether oxygens (including phenoxy) is 3. The molecule has 166 valence electrons. The van der Waals surface area contributed by atoms with Gasteiger partial charge in [-0.2, -0.15) is 0 Å². The lowest BCUT2D eigenvalue weighted by atomic mass is 9.94. The molecule has 3 rings (SSSR count). The first-order valence-corrected chi connectivity index (χ1v) is 10.0. The highest BCUT2D eigenvalue weighted by molar-refractivity contribution is 6.02. The molecule has 0 saturated heterocycles. The van der Waals surface area contributed by atoms with Crippen LogP contribution in [0.4, 0.5) is 21.9 Å². The van der Waals surface area contributed by atoms with Crippen LogP contribution in [0, 0.1) is 5.41 Å². The minimum absolute atomic E-state index is 0.0604. The van der Waals surface area contributed by atoms with E-state index in [0.29, 0.717) is 35.2 Å². The van der Waals surface area contributed by atoms with Crippen molar-refractivity contribution in [3.05, 3.63) is 35.9 Å². The predicted molar refractivity (Wildman–Crippen MR) is 121 cm³/mol. The Balaban J connectivity index is 1.77. The van der Waals surface area contributed by atoms with Gasteiger partial charge in [0.15, 0.2) is 11.5 Å². The van der Waals surface area contributed by atoms with E-state index in [1.807, 2.05) is 39.0 Å². The van der Waals surface area contributed by atoms with E-state index in [0.717, 1.165) is 17.7 Å². The van der Waals surface area contributed by atoms with Crippen LogP contribution in [0.25, 0.3) is 0 Å². The number of hydrogen-bond donors (Lipinski definition) is 2. The van der Waals surface area contributed by atoms with Crippen molar-refractivity contribution < 1.29 is 23.8 Å². The number of carbonyl (C=O) groups excluding carboxylic acids is 2. The van der Waals surface area contributed by atoms with Crippen molar-refractivity contribution in [2.24, 2.45) is 5.41 Å². The van der Waals surface area contributed by atoms with Gasteiger partial charge in [-0.15, -0.1) is 0 Å². The summed E-state index contributed by atoms with van der Waals surface area (Å²) in [6, 6.07) is 8.47. The molecule has 8 heteroatoms. The Labute approximate surface area is 182 Å². The number of urea groups is 1. The first kappa shape index (κ1) is 22.3. The van der Waals surface area contributed by atoms with Crippen LogP contribution in [-0.4, -0.2) is 39.8 Å². The molecule has 2 aromatic rings. The van der Waals surface area contributed by atoms with Crippen molar-refractivity contribution in [3.63, 3.8) is 0 Å². The van der Waals surface area contributed by atoms with Crippen molar-refractivity contribution in [2.75, 3.05) is 43.4 Å². The highest BCUT2D eigenvalue weighted by Crippen LogP contribution is 2.40. The van der Waals surface area contributed by atoms with E-state index in [4.69, 9.17) is 14.2 Å². The molecule has 31 heavy (non-hydrogen) atoms. The third-order valence-electron chi connectivity index (χ3n) is 5.05. The third kappa shape index (κ3) is 4.68. The van der Waals surface area contributed by atoms with Gasteiger partial charge in [-0.1, -0.05) is 26.8 Å². The number of fused-ring (bicyclic) bond motifs is 1. The van der Waals surface area contributed by atoms with Crippen molar-refractivity contribution in [1.29, 1.82) is 0 Å². The number of carbonyl (C=O) groups is 2. The zero-order valence-corrected chi connectivity index (χ0v) is 18.8. The molecule has 1 aliphatic rings. The van der Waals surface area contributed by atoms with E-state index in [1.54, 1.807) is 17.0 Å². The molecule has 0 saturated carbocycles. The van der Waals surface area contributed by atoms with Crippen LogP contribution in [0.2, 0.25) is 0 Å². The Morgan fingerprint density at radius 3 is 2.06 bits per heavy atom. The molecule has 0 spiro atoms. The second-order valence-corrected chi connectivity index (χ2v) is 8.29. The maximum atomic E-state index is 12.8. The number of amides is 3. The molecular formula is C23H29N3O5. The average Bonchev–Trinajstić information content (AvgIpc) is 3.14. The number of methoxy groups -OCH3 is 3. The molecule has 0 aliphatic carbocycles. The van der Waals surface area contributed by atoms with Gasteiger partial charge in [0.2, 0.25) is 11.7 Å². The minimum atomic E-state index is -0.477. The van der Waals surface area contributed by atoms with E-state index in [-0.39, 0.29) is 5.91 Å². The molecule has 2 aromatic carbocycles. The Bertz CT molecular complexity index is 972. The number of benzene rings is 2. The fourth-order valence-corrected chi connectivity index (χ4v) is 3.52. The van der Waals surface area contributed by atoms with Crippen LogP contribution in [-0.2, 0) is 11.2 Å². The van der Waals surface area contributed by atoms with Crippen molar-refractivity contribution in [3.8, 4) is 17.2 Å². The molecular weight excluding hydrogens is 398 g/mol. The van der Waals surface area contributed by atoms with E-state index in [9.17, 15) is 9.59 Å². The lowest BCUT2D eigenvalue weighted by molar-refractivity contribution is -0.125. The van der Waals surface area contributed by atoms with Gasteiger partial charge in [0.25, 0.3) is 0 Å². The summed E-state index contributed by atoms with van der Waals surface area (Å²) in [5, 5.41) is 5.59. The van der Waals surface area contributed by atoms with E-state index in [1.165, 1.54) is 21.3 Å². The Morgan fingerprint density at radius 2 is 1.52 bits per heavy atom. The molecule has 1 heterocycles. The molecule has 0 radical (unpaired) electrons. The van der Waals surface area contributed by atoms with Gasteiger partial charge in [0.1, 0.15) is 0 Å². The van der Waals surface area contributed by atoms with Gasteiger partial charge in [-0.05, 0) is 24.1 Å². The fraction of sp³-hybridized carbons (Fsp3) is 0.391. The fourth-order valence-electron chi connectivity index (χ4n) is 3.52. The second-order valence-electron chi connectivity index (χ2n) is 8.29. The van der Waals surface area contributed by atoms with Crippen LogP contribution in [0.3, 0.4) is 0 Å². The molecule has 0 bridgehead atoms. The topological polar surface area (TPSA) is 89.1 Å². The molecule has 1 aliphatic heterocycles. The zero-order chi connectivity index (χ0) is 22.8. The summed E-state index contributed by atoms with van der Waals surface area (Å²) >= 11 is 0. The van der Waals surface area contributed by atoms with Crippen molar-refractivity contribution >= 4 is 29.0 Å². The van der Waals surface area contributed by atoms with Crippen molar-refractivity contribution in [2.45, 2.75) is 27.2 Å². The summed E-state index contributed by atoms with van der Waals surface area (Å²) in [5.41, 5.74) is 2.53. The maximum Gasteiger partial charge on any atom is 0.323 e. The van der Waals surface area contributed by atoms with Crippen molar-refractivity contribution in [1.82, 2.24) is 0 Å². The largest absolute Gasteiger partial charge is 0.493 e.